The third kappa shape index (κ3) is 6.43. The first kappa shape index (κ1) is 23.5. The van der Waals surface area contributed by atoms with Crippen LogP contribution in [-0.2, 0) is 9.53 Å². The summed E-state index contributed by atoms with van der Waals surface area (Å²) in [6.07, 6.45) is 0.363. The summed E-state index contributed by atoms with van der Waals surface area (Å²) in [6, 6.07) is 12.5. The van der Waals surface area contributed by atoms with Crippen molar-refractivity contribution in [2.24, 2.45) is 4.99 Å². The minimum atomic E-state index is -0.617. The van der Waals surface area contributed by atoms with E-state index in [1.807, 2.05) is 30.8 Å². The maximum Gasteiger partial charge on any atom is 0.347 e. The van der Waals surface area contributed by atoms with Gasteiger partial charge in [0.1, 0.15) is 17.0 Å². The van der Waals surface area contributed by atoms with Crippen LogP contribution in [0.1, 0.15) is 42.5 Å². The SMILES string of the molecule is CCOC(=O)C(C)Oc1ccc(SCCC2N=C(c3ccc(C)c(C)c3)NS2)cc1C. The second-order valence-corrected chi connectivity index (χ2v) is 9.68. The predicted octanol–water partition coefficient (Wildman–Crippen LogP) is 5.45. The number of nitrogens with one attached hydrogen (secondary N) is 1. The molecule has 5 nitrogen and oxygen atoms in total. The van der Waals surface area contributed by atoms with Crippen molar-refractivity contribution in [2.45, 2.75) is 57.4 Å². The largest absolute Gasteiger partial charge is 0.479 e. The Morgan fingerprint density at radius 1 is 1.16 bits per heavy atom. The van der Waals surface area contributed by atoms with Gasteiger partial charge in [-0.25, -0.2) is 4.79 Å². The molecule has 3 rings (SSSR count). The van der Waals surface area contributed by atoms with Crippen molar-refractivity contribution < 1.29 is 14.3 Å². The fraction of sp³-hybridized carbons (Fsp3) is 0.417. The summed E-state index contributed by atoms with van der Waals surface area (Å²) in [5, 5.41) is 0.221. The van der Waals surface area contributed by atoms with Crippen molar-refractivity contribution in [3.63, 3.8) is 0 Å². The second kappa shape index (κ2) is 11.0. The summed E-state index contributed by atoms with van der Waals surface area (Å²) in [7, 11) is 0. The first-order valence-corrected chi connectivity index (χ1v) is 12.4. The lowest BCUT2D eigenvalue weighted by molar-refractivity contribution is -0.150. The summed E-state index contributed by atoms with van der Waals surface area (Å²) in [6.45, 7) is 10.1. The summed E-state index contributed by atoms with van der Waals surface area (Å²) in [4.78, 5) is 17.8. The molecule has 0 saturated carbocycles. The number of benzene rings is 2. The standard InChI is InChI=1S/C24H30N2O3S2/c1-6-28-24(27)18(5)29-21-10-9-20(14-17(21)4)30-12-11-22-25-23(26-31-22)19-8-7-15(2)16(3)13-19/h7-10,13-14,18,22H,6,11-12H2,1-5H3,(H,25,26). The molecule has 0 fully saturated rings. The molecule has 1 aliphatic heterocycles. The molecule has 1 aliphatic rings. The van der Waals surface area contributed by atoms with Gasteiger partial charge in [0, 0.05) is 16.2 Å². The Labute approximate surface area is 193 Å². The highest BCUT2D eigenvalue weighted by molar-refractivity contribution is 8.00. The topological polar surface area (TPSA) is 59.9 Å². The van der Waals surface area contributed by atoms with E-state index in [0.29, 0.717) is 12.4 Å². The summed E-state index contributed by atoms with van der Waals surface area (Å²) >= 11 is 3.49. The van der Waals surface area contributed by atoms with Crippen LogP contribution in [0.5, 0.6) is 5.75 Å². The number of hydrogen-bond acceptors (Lipinski definition) is 7. The molecule has 0 saturated heterocycles. The van der Waals surface area contributed by atoms with Gasteiger partial charge in [0.05, 0.1) is 6.61 Å². The normalized spacial score (nSPS) is 16.4. The van der Waals surface area contributed by atoms with Crippen LogP contribution < -0.4 is 9.46 Å². The highest BCUT2D eigenvalue weighted by Gasteiger charge is 2.20. The smallest absolute Gasteiger partial charge is 0.347 e. The number of rotatable bonds is 9. The second-order valence-electron chi connectivity index (χ2n) is 7.53. The number of ether oxygens (including phenoxy) is 2. The zero-order valence-corrected chi connectivity index (χ0v) is 20.4. The van der Waals surface area contributed by atoms with E-state index in [0.717, 1.165) is 29.1 Å². The lowest BCUT2D eigenvalue weighted by Crippen LogP contribution is -2.26. The third-order valence-electron chi connectivity index (χ3n) is 5.05. The molecule has 0 bridgehead atoms. The molecule has 7 heteroatoms. The molecule has 166 valence electrons. The van der Waals surface area contributed by atoms with Gasteiger partial charge in [0.25, 0.3) is 0 Å². The molecular weight excluding hydrogens is 428 g/mol. The fourth-order valence-electron chi connectivity index (χ4n) is 3.09. The monoisotopic (exact) mass is 458 g/mol. The van der Waals surface area contributed by atoms with Gasteiger partial charge >= 0.3 is 5.97 Å². The zero-order valence-electron chi connectivity index (χ0n) is 18.7. The molecule has 1 heterocycles. The van der Waals surface area contributed by atoms with Crippen molar-refractivity contribution in [3.8, 4) is 5.75 Å². The van der Waals surface area contributed by atoms with E-state index in [9.17, 15) is 4.79 Å². The predicted molar refractivity (Wildman–Crippen MR) is 130 cm³/mol. The van der Waals surface area contributed by atoms with E-state index in [1.54, 1.807) is 25.8 Å². The molecule has 0 spiro atoms. The Balaban J connectivity index is 1.50. The van der Waals surface area contributed by atoms with Gasteiger partial charge in [-0.3, -0.25) is 4.99 Å². The molecule has 0 radical (unpaired) electrons. The van der Waals surface area contributed by atoms with E-state index in [-0.39, 0.29) is 11.3 Å². The minimum absolute atomic E-state index is 0.221. The van der Waals surface area contributed by atoms with Crippen molar-refractivity contribution in [2.75, 3.05) is 12.4 Å². The van der Waals surface area contributed by atoms with Gasteiger partial charge in [-0.1, -0.05) is 12.1 Å². The van der Waals surface area contributed by atoms with E-state index in [4.69, 9.17) is 14.5 Å². The average Bonchev–Trinajstić information content (AvgIpc) is 3.21. The molecule has 2 atom stereocenters. The molecule has 2 aromatic rings. The number of thioether (sulfide) groups is 1. The molecule has 1 N–H and O–H groups in total. The highest BCUT2D eigenvalue weighted by Crippen LogP contribution is 2.29. The van der Waals surface area contributed by atoms with Crippen LogP contribution in [0.2, 0.25) is 0 Å². The van der Waals surface area contributed by atoms with Crippen LogP contribution in [0, 0.1) is 20.8 Å². The number of amidine groups is 1. The summed E-state index contributed by atoms with van der Waals surface area (Å²) < 4.78 is 14.1. The number of carbonyl (C=O) groups excluding carboxylic acids is 1. The van der Waals surface area contributed by atoms with Crippen LogP contribution in [0.3, 0.4) is 0 Å². The number of esters is 1. The van der Waals surface area contributed by atoms with Gasteiger partial charge in [0.2, 0.25) is 0 Å². The van der Waals surface area contributed by atoms with E-state index in [2.05, 4.69) is 42.8 Å². The van der Waals surface area contributed by atoms with Crippen LogP contribution in [0.4, 0.5) is 0 Å². The van der Waals surface area contributed by atoms with E-state index >= 15 is 0 Å². The zero-order chi connectivity index (χ0) is 22.4. The summed E-state index contributed by atoms with van der Waals surface area (Å²) in [5.74, 6) is 2.31. The van der Waals surface area contributed by atoms with Crippen LogP contribution in [0.25, 0.3) is 0 Å². The van der Waals surface area contributed by atoms with Gasteiger partial charge in [-0.05, 0) is 93.9 Å². The maximum absolute atomic E-state index is 11.8. The molecule has 31 heavy (non-hydrogen) atoms. The lowest BCUT2D eigenvalue weighted by atomic mass is 10.1. The van der Waals surface area contributed by atoms with Crippen molar-refractivity contribution in [1.82, 2.24) is 4.72 Å². The lowest BCUT2D eigenvalue weighted by Gasteiger charge is -2.15. The first-order valence-electron chi connectivity index (χ1n) is 10.5. The van der Waals surface area contributed by atoms with Gasteiger partial charge in [-0.2, -0.15) is 0 Å². The molecule has 2 aromatic carbocycles. The number of aryl methyl sites for hydroxylation is 3. The van der Waals surface area contributed by atoms with Crippen LogP contribution >= 0.6 is 23.7 Å². The average molecular weight is 459 g/mol. The van der Waals surface area contributed by atoms with Crippen molar-refractivity contribution >= 4 is 35.5 Å². The van der Waals surface area contributed by atoms with E-state index < -0.39 is 6.10 Å². The summed E-state index contributed by atoms with van der Waals surface area (Å²) in [5.41, 5.74) is 4.73. The molecule has 0 aromatic heterocycles. The molecule has 0 aliphatic carbocycles. The Kier molecular flexibility index (Phi) is 8.32. The number of hydrogen-bond donors (Lipinski definition) is 1. The van der Waals surface area contributed by atoms with Crippen molar-refractivity contribution in [1.29, 1.82) is 0 Å². The van der Waals surface area contributed by atoms with Crippen LogP contribution in [-0.4, -0.2) is 35.6 Å². The Morgan fingerprint density at radius 2 is 1.97 bits per heavy atom. The highest BCUT2D eigenvalue weighted by atomic mass is 32.2. The number of carbonyl (C=O) groups is 1. The third-order valence-corrected chi connectivity index (χ3v) is 7.00. The molecule has 0 amide bonds. The maximum atomic E-state index is 11.8. The first-order chi connectivity index (χ1) is 14.9. The number of nitrogens with zero attached hydrogens (tertiary/aromatic N) is 1. The quantitative estimate of drug-likeness (QED) is 0.306. The van der Waals surface area contributed by atoms with Crippen molar-refractivity contribution in [3.05, 3.63) is 58.7 Å². The van der Waals surface area contributed by atoms with Gasteiger partial charge in [-0.15, -0.1) is 11.8 Å². The van der Waals surface area contributed by atoms with Gasteiger partial charge < -0.3 is 14.2 Å². The Bertz CT molecular complexity index is 962. The van der Waals surface area contributed by atoms with E-state index in [1.165, 1.54) is 16.0 Å². The molecular formula is C24H30N2O3S2. The van der Waals surface area contributed by atoms with Crippen LogP contribution in [0.15, 0.2) is 46.3 Å². The molecule has 2 unspecified atom stereocenters. The minimum Gasteiger partial charge on any atom is -0.479 e. The van der Waals surface area contributed by atoms with Gasteiger partial charge in [0.15, 0.2) is 6.10 Å². The fourth-order valence-corrected chi connectivity index (χ4v) is 5.05. The Morgan fingerprint density at radius 3 is 2.68 bits per heavy atom. The Hall–Kier alpha value is -2.12. The number of aliphatic imine (C=N–C) groups is 1.